The van der Waals surface area contributed by atoms with Gasteiger partial charge in [-0.2, -0.15) is 4.98 Å². The molecule has 4 nitrogen and oxygen atoms in total. The molecule has 0 saturated heterocycles. The molecule has 0 radical (unpaired) electrons. The van der Waals surface area contributed by atoms with Gasteiger partial charge in [-0.1, -0.05) is 37.8 Å². The molecule has 1 aliphatic carbocycles. The van der Waals surface area contributed by atoms with E-state index in [0.29, 0.717) is 12.0 Å². The van der Waals surface area contributed by atoms with Crippen molar-refractivity contribution in [3.8, 4) is 0 Å². The minimum absolute atomic E-state index is 0.360. The number of para-hydroxylation sites is 1. The lowest BCUT2D eigenvalue weighted by molar-refractivity contribution is 0.550. The number of fused-ring (bicyclic) bond motifs is 1. The number of benzene rings is 1. The Hall–Kier alpha value is -1.84. The van der Waals surface area contributed by atoms with Crippen LogP contribution in [0.1, 0.15) is 38.5 Å². The number of nitrogens with zero attached hydrogens (tertiary/aromatic N) is 3. The summed E-state index contributed by atoms with van der Waals surface area (Å²) in [5, 5.41) is 1.09. The van der Waals surface area contributed by atoms with E-state index >= 15 is 0 Å². The average Bonchev–Trinajstić information content (AvgIpc) is 2.74. The Morgan fingerprint density at radius 1 is 1.05 bits per heavy atom. The van der Waals surface area contributed by atoms with Crippen molar-refractivity contribution in [2.45, 2.75) is 44.6 Å². The molecule has 1 aromatic heterocycles. The van der Waals surface area contributed by atoms with Crippen LogP contribution in [0.4, 0.5) is 11.8 Å². The molecule has 1 aromatic carbocycles. The Balaban J connectivity index is 1.99. The molecule has 20 heavy (non-hydrogen) atoms. The fourth-order valence-electron chi connectivity index (χ4n) is 3.16. The van der Waals surface area contributed by atoms with Gasteiger partial charge in [-0.25, -0.2) is 4.98 Å². The summed E-state index contributed by atoms with van der Waals surface area (Å²) in [5.74, 6) is 1.33. The minimum atomic E-state index is 0.360. The van der Waals surface area contributed by atoms with E-state index < -0.39 is 0 Å². The second kappa shape index (κ2) is 5.65. The number of hydrogen-bond acceptors (Lipinski definition) is 4. The molecule has 1 saturated carbocycles. The van der Waals surface area contributed by atoms with Gasteiger partial charge in [0.25, 0.3) is 0 Å². The maximum atomic E-state index is 5.87. The van der Waals surface area contributed by atoms with Gasteiger partial charge in [-0.05, 0) is 25.0 Å². The molecule has 0 aliphatic heterocycles. The van der Waals surface area contributed by atoms with E-state index in [-0.39, 0.29) is 0 Å². The Morgan fingerprint density at radius 2 is 1.75 bits per heavy atom. The van der Waals surface area contributed by atoms with Crippen molar-refractivity contribution < 1.29 is 0 Å². The Morgan fingerprint density at radius 3 is 2.50 bits per heavy atom. The lowest BCUT2D eigenvalue weighted by Crippen LogP contribution is -2.32. The summed E-state index contributed by atoms with van der Waals surface area (Å²) < 4.78 is 0. The molecule has 1 aliphatic rings. The quantitative estimate of drug-likeness (QED) is 0.850. The van der Waals surface area contributed by atoms with Gasteiger partial charge in [0.15, 0.2) is 0 Å². The highest BCUT2D eigenvalue weighted by Crippen LogP contribution is 2.29. The van der Waals surface area contributed by atoms with Crippen molar-refractivity contribution in [2.24, 2.45) is 0 Å². The Bertz CT molecular complexity index is 588. The van der Waals surface area contributed by atoms with Gasteiger partial charge in [-0.3, -0.25) is 0 Å². The normalized spacial score (nSPS) is 17.1. The van der Waals surface area contributed by atoms with Gasteiger partial charge < -0.3 is 10.6 Å². The van der Waals surface area contributed by atoms with Crippen LogP contribution in [-0.4, -0.2) is 23.1 Å². The number of nitrogens with two attached hydrogens (primary N) is 1. The molecule has 1 heterocycles. The SMILES string of the molecule is CN(c1nc(N)nc2ccccc12)C1CCCCCC1. The van der Waals surface area contributed by atoms with E-state index in [0.717, 1.165) is 16.7 Å². The highest BCUT2D eigenvalue weighted by Gasteiger charge is 2.20. The maximum Gasteiger partial charge on any atom is 0.222 e. The van der Waals surface area contributed by atoms with E-state index in [9.17, 15) is 0 Å². The molecule has 2 N–H and O–H groups in total. The standard InChI is InChI=1S/C16H22N4/c1-20(12-8-4-2-3-5-9-12)15-13-10-6-7-11-14(13)18-16(17)19-15/h6-7,10-12H,2-5,8-9H2,1H3,(H2,17,18,19). The van der Waals surface area contributed by atoms with Crippen LogP contribution >= 0.6 is 0 Å². The summed E-state index contributed by atoms with van der Waals surface area (Å²) in [6.07, 6.45) is 7.83. The van der Waals surface area contributed by atoms with Crippen LogP contribution < -0.4 is 10.6 Å². The minimum Gasteiger partial charge on any atom is -0.368 e. The number of anilines is 2. The summed E-state index contributed by atoms with van der Waals surface area (Å²) >= 11 is 0. The third-order valence-electron chi connectivity index (χ3n) is 4.31. The second-order valence-electron chi connectivity index (χ2n) is 5.68. The van der Waals surface area contributed by atoms with Gasteiger partial charge >= 0.3 is 0 Å². The lowest BCUT2D eigenvalue weighted by atomic mass is 10.1. The molecule has 1 fully saturated rings. The van der Waals surface area contributed by atoms with Crippen molar-refractivity contribution >= 4 is 22.7 Å². The van der Waals surface area contributed by atoms with Crippen LogP contribution in [0.25, 0.3) is 10.9 Å². The van der Waals surface area contributed by atoms with Crippen molar-refractivity contribution in [1.29, 1.82) is 0 Å². The molecule has 0 amide bonds. The summed E-state index contributed by atoms with van der Waals surface area (Å²) in [6.45, 7) is 0. The molecule has 4 heteroatoms. The first-order valence-electron chi connectivity index (χ1n) is 7.51. The van der Waals surface area contributed by atoms with Crippen LogP contribution in [0.5, 0.6) is 0 Å². The van der Waals surface area contributed by atoms with E-state index in [2.05, 4.69) is 28.0 Å². The number of hydrogen-bond donors (Lipinski definition) is 1. The van der Waals surface area contributed by atoms with Crippen LogP contribution in [0, 0.1) is 0 Å². The van der Waals surface area contributed by atoms with Crippen molar-refractivity contribution in [1.82, 2.24) is 9.97 Å². The monoisotopic (exact) mass is 270 g/mol. The number of nitrogen functional groups attached to an aromatic ring is 1. The number of aromatic nitrogens is 2. The molecule has 106 valence electrons. The fourth-order valence-corrected chi connectivity index (χ4v) is 3.16. The van der Waals surface area contributed by atoms with Crippen molar-refractivity contribution in [3.05, 3.63) is 24.3 Å². The highest BCUT2D eigenvalue weighted by atomic mass is 15.2. The molecule has 0 atom stereocenters. The average molecular weight is 270 g/mol. The summed E-state index contributed by atoms with van der Waals surface area (Å²) in [7, 11) is 2.14. The van der Waals surface area contributed by atoms with E-state index in [1.807, 2.05) is 18.2 Å². The third kappa shape index (κ3) is 2.55. The van der Waals surface area contributed by atoms with Crippen LogP contribution in [-0.2, 0) is 0 Å². The largest absolute Gasteiger partial charge is 0.368 e. The Labute approximate surface area is 120 Å². The molecule has 2 aromatic rings. The first-order chi connectivity index (χ1) is 9.75. The van der Waals surface area contributed by atoms with Gasteiger partial charge in [-0.15, -0.1) is 0 Å². The van der Waals surface area contributed by atoms with Crippen molar-refractivity contribution in [3.63, 3.8) is 0 Å². The predicted octanol–water partition coefficient (Wildman–Crippen LogP) is 3.37. The van der Waals surface area contributed by atoms with Gasteiger partial charge in [0, 0.05) is 18.5 Å². The lowest BCUT2D eigenvalue weighted by Gasteiger charge is -2.29. The molecular formula is C16H22N4. The zero-order chi connectivity index (χ0) is 13.9. The smallest absolute Gasteiger partial charge is 0.222 e. The van der Waals surface area contributed by atoms with Crippen molar-refractivity contribution in [2.75, 3.05) is 17.7 Å². The topological polar surface area (TPSA) is 55.0 Å². The number of rotatable bonds is 2. The molecule has 0 spiro atoms. The molecule has 0 bridgehead atoms. The summed E-state index contributed by atoms with van der Waals surface area (Å²) in [6, 6.07) is 8.67. The maximum absolute atomic E-state index is 5.87. The Kier molecular flexibility index (Phi) is 3.72. The van der Waals surface area contributed by atoms with Crippen LogP contribution in [0.3, 0.4) is 0 Å². The van der Waals surface area contributed by atoms with Crippen LogP contribution in [0.15, 0.2) is 24.3 Å². The summed E-state index contributed by atoms with van der Waals surface area (Å²) in [5.41, 5.74) is 6.80. The highest BCUT2D eigenvalue weighted by molar-refractivity contribution is 5.90. The second-order valence-corrected chi connectivity index (χ2v) is 5.68. The summed E-state index contributed by atoms with van der Waals surface area (Å²) in [4.78, 5) is 11.1. The van der Waals surface area contributed by atoms with E-state index in [1.54, 1.807) is 0 Å². The zero-order valence-corrected chi connectivity index (χ0v) is 12.0. The van der Waals surface area contributed by atoms with Gasteiger partial charge in [0.2, 0.25) is 5.95 Å². The van der Waals surface area contributed by atoms with Gasteiger partial charge in [0.1, 0.15) is 5.82 Å². The molecule has 0 unspecified atom stereocenters. The first kappa shape index (κ1) is 13.2. The van der Waals surface area contributed by atoms with Crippen LogP contribution in [0.2, 0.25) is 0 Å². The zero-order valence-electron chi connectivity index (χ0n) is 12.0. The first-order valence-corrected chi connectivity index (χ1v) is 7.51. The molecule has 3 rings (SSSR count). The predicted molar refractivity (Wildman–Crippen MR) is 83.8 cm³/mol. The molecular weight excluding hydrogens is 248 g/mol. The fraction of sp³-hybridized carbons (Fsp3) is 0.500. The van der Waals surface area contributed by atoms with E-state index in [1.165, 1.54) is 38.5 Å². The van der Waals surface area contributed by atoms with E-state index in [4.69, 9.17) is 5.73 Å². The van der Waals surface area contributed by atoms with Gasteiger partial charge in [0.05, 0.1) is 5.52 Å². The third-order valence-corrected chi connectivity index (χ3v) is 4.31.